The third-order valence-electron chi connectivity index (χ3n) is 4.17. The molecule has 1 aromatic heterocycles. The van der Waals surface area contributed by atoms with Crippen LogP contribution in [0.3, 0.4) is 0 Å². The van der Waals surface area contributed by atoms with E-state index in [0.717, 1.165) is 12.8 Å². The number of carbonyl (C=O) groups excluding carboxylic acids is 1. The van der Waals surface area contributed by atoms with Crippen LogP contribution in [0.1, 0.15) is 34.7 Å². The largest absolute Gasteiger partial charge is 0.361 e. The van der Waals surface area contributed by atoms with Crippen LogP contribution in [-0.2, 0) is 10.2 Å². The van der Waals surface area contributed by atoms with Crippen LogP contribution in [-0.4, -0.2) is 61.8 Å². The number of amides is 1. The van der Waals surface area contributed by atoms with Crippen molar-refractivity contribution >= 4 is 16.1 Å². The summed E-state index contributed by atoms with van der Waals surface area (Å²) >= 11 is 0. The molecule has 1 amide bonds. The smallest absolute Gasteiger partial charge is 0.281 e. The van der Waals surface area contributed by atoms with Crippen LogP contribution in [0.5, 0.6) is 0 Å². The fourth-order valence-electron chi connectivity index (χ4n) is 2.71. The normalized spacial score (nSPS) is 17.6. The first kappa shape index (κ1) is 17.9. The topological polar surface area (TPSA) is 95.7 Å². The molecule has 1 fully saturated rings. The minimum Gasteiger partial charge on any atom is -0.361 e. The van der Waals surface area contributed by atoms with Crippen LogP contribution in [0.2, 0.25) is 0 Å². The number of hydrogen-bond donors (Lipinski definition) is 1. The molecule has 9 heteroatoms. The molecule has 0 unspecified atom stereocenters. The lowest BCUT2D eigenvalue weighted by molar-refractivity contribution is 0.0939. The van der Waals surface area contributed by atoms with E-state index in [2.05, 4.69) is 10.5 Å². The number of aryl methyl sites for hydroxylation is 2. The molecule has 23 heavy (non-hydrogen) atoms. The Morgan fingerprint density at radius 1 is 1.35 bits per heavy atom. The highest BCUT2D eigenvalue weighted by molar-refractivity contribution is 7.86. The van der Waals surface area contributed by atoms with Gasteiger partial charge in [-0.1, -0.05) is 5.16 Å². The predicted octanol–water partition coefficient (Wildman–Crippen LogP) is 0.540. The first-order chi connectivity index (χ1) is 10.7. The monoisotopic (exact) mass is 344 g/mol. The molecule has 130 valence electrons. The summed E-state index contributed by atoms with van der Waals surface area (Å²) in [4.78, 5) is 12.2. The van der Waals surface area contributed by atoms with Crippen molar-refractivity contribution in [2.75, 3.05) is 33.7 Å². The first-order valence-electron chi connectivity index (χ1n) is 7.62. The molecule has 2 heterocycles. The van der Waals surface area contributed by atoms with E-state index in [9.17, 15) is 13.2 Å². The summed E-state index contributed by atoms with van der Waals surface area (Å²) in [5.74, 6) is 0.588. The Kier molecular flexibility index (Phi) is 5.43. The Morgan fingerprint density at radius 2 is 1.96 bits per heavy atom. The van der Waals surface area contributed by atoms with Crippen molar-refractivity contribution in [3.05, 3.63) is 17.0 Å². The second-order valence-electron chi connectivity index (χ2n) is 6.04. The number of rotatable bonds is 5. The molecule has 0 aliphatic carbocycles. The third kappa shape index (κ3) is 3.91. The Morgan fingerprint density at radius 3 is 2.43 bits per heavy atom. The second kappa shape index (κ2) is 6.98. The first-order valence-corrected chi connectivity index (χ1v) is 9.02. The minimum absolute atomic E-state index is 0.190. The van der Waals surface area contributed by atoms with E-state index in [-0.39, 0.29) is 11.8 Å². The minimum atomic E-state index is -3.34. The zero-order valence-electron chi connectivity index (χ0n) is 14.0. The molecule has 1 aliphatic rings. The Balaban J connectivity index is 1.85. The van der Waals surface area contributed by atoms with E-state index in [4.69, 9.17) is 4.52 Å². The molecule has 0 spiro atoms. The number of hydrogen-bond acceptors (Lipinski definition) is 5. The van der Waals surface area contributed by atoms with E-state index in [1.54, 1.807) is 13.8 Å². The molecule has 1 aromatic rings. The molecular formula is C14H24N4O4S. The van der Waals surface area contributed by atoms with Crippen molar-refractivity contribution in [3.63, 3.8) is 0 Å². The summed E-state index contributed by atoms with van der Waals surface area (Å²) in [6.45, 7) is 4.92. The van der Waals surface area contributed by atoms with Crippen LogP contribution >= 0.6 is 0 Å². The summed E-state index contributed by atoms with van der Waals surface area (Å²) in [5.41, 5.74) is 1.06. The van der Waals surface area contributed by atoms with Crippen molar-refractivity contribution in [1.82, 2.24) is 19.1 Å². The van der Waals surface area contributed by atoms with E-state index >= 15 is 0 Å². The van der Waals surface area contributed by atoms with Crippen molar-refractivity contribution in [3.8, 4) is 0 Å². The van der Waals surface area contributed by atoms with Gasteiger partial charge in [0.05, 0.1) is 5.69 Å². The maximum absolute atomic E-state index is 12.2. The lowest BCUT2D eigenvalue weighted by Gasteiger charge is -2.32. The van der Waals surface area contributed by atoms with Crippen molar-refractivity contribution in [2.45, 2.75) is 26.7 Å². The third-order valence-corrected chi connectivity index (χ3v) is 6.11. The second-order valence-corrected chi connectivity index (χ2v) is 8.18. The van der Waals surface area contributed by atoms with Crippen molar-refractivity contribution in [1.29, 1.82) is 0 Å². The highest BCUT2D eigenvalue weighted by atomic mass is 32.2. The van der Waals surface area contributed by atoms with Gasteiger partial charge in [0, 0.05) is 33.7 Å². The van der Waals surface area contributed by atoms with E-state index in [1.165, 1.54) is 22.7 Å². The summed E-state index contributed by atoms with van der Waals surface area (Å²) in [7, 11) is -0.277. The van der Waals surface area contributed by atoms with Gasteiger partial charge in [-0.15, -0.1) is 0 Å². The summed E-state index contributed by atoms with van der Waals surface area (Å²) < 4.78 is 31.8. The van der Waals surface area contributed by atoms with Gasteiger partial charge in [0.15, 0.2) is 0 Å². The Labute approximate surface area is 137 Å². The van der Waals surface area contributed by atoms with E-state index in [1.807, 2.05) is 0 Å². The molecule has 0 saturated carbocycles. The lowest BCUT2D eigenvalue weighted by Crippen LogP contribution is -2.45. The molecule has 0 bridgehead atoms. The number of nitrogens with zero attached hydrogens (tertiary/aromatic N) is 3. The predicted molar refractivity (Wildman–Crippen MR) is 85.2 cm³/mol. The van der Waals surface area contributed by atoms with Gasteiger partial charge < -0.3 is 9.84 Å². The molecule has 1 aliphatic heterocycles. The van der Waals surface area contributed by atoms with Crippen LogP contribution in [0.15, 0.2) is 4.52 Å². The average molecular weight is 344 g/mol. The standard InChI is InChI=1S/C14H24N4O4S/c1-10-13(11(2)22-16-10)14(19)15-9-12-5-7-18(8-6-12)23(20,21)17(3)4/h12H,5-9H2,1-4H3,(H,15,19). The molecule has 1 saturated heterocycles. The van der Waals surface area contributed by atoms with Gasteiger partial charge in [0.2, 0.25) is 0 Å². The van der Waals surface area contributed by atoms with Gasteiger partial charge in [-0.2, -0.15) is 17.0 Å². The van der Waals surface area contributed by atoms with Gasteiger partial charge >= 0.3 is 0 Å². The zero-order valence-corrected chi connectivity index (χ0v) is 14.8. The van der Waals surface area contributed by atoms with Crippen molar-refractivity contribution < 1.29 is 17.7 Å². The average Bonchev–Trinajstić information content (AvgIpc) is 2.84. The SMILES string of the molecule is Cc1noc(C)c1C(=O)NCC1CCN(S(=O)(=O)N(C)C)CC1. The van der Waals surface area contributed by atoms with Crippen LogP contribution < -0.4 is 5.32 Å². The lowest BCUT2D eigenvalue weighted by atomic mass is 9.98. The quantitative estimate of drug-likeness (QED) is 0.841. The maximum Gasteiger partial charge on any atom is 0.281 e. The number of aromatic nitrogens is 1. The van der Waals surface area contributed by atoms with Crippen molar-refractivity contribution in [2.24, 2.45) is 5.92 Å². The zero-order chi connectivity index (χ0) is 17.2. The number of carbonyl (C=O) groups is 1. The fraction of sp³-hybridized carbons (Fsp3) is 0.714. The molecule has 1 N–H and O–H groups in total. The summed E-state index contributed by atoms with van der Waals surface area (Å²) in [6, 6.07) is 0. The molecular weight excluding hydrogens is 320 g/mol. The Hall–Kier alpha value is -1.45. The van der Waals surface area contributed by atoms with Gasteiger partial charge in [0.1, 0.15) is 11.3 Å². The molecule has 0 atom stereocenters. The Bertz CT molecular complexity index is 641. The molecule has 0 radical (unpaired) electrons. The van der Waals surface area contributed by atoms with Crippen LogP contribution in [0.4, 0.5) is 0 Å². The fourth-order valence-corrected chi connectivity index (χ4v) is 3.84. The van der Waals surface area contributed by atoms with Gasteiger partial charge in [-0.05, 0) is 32.6 Å². The molecule has 0 aromatic carbocycles. The van der Waals surface area contributed by atoms with Crippen LogP contribution in [0, 0.1) is 19.8 Å². The molecule has 2 rings (SSSR count). The maximum atomic E-state index is 12.2. The van der Waals surface area contributed by atoms with Gasteiger partial charge in [0.25, 0.3) is 16.1 Å². The number of piperidine rings is 1. The highest BCUT2D eigenvalue weighted by Crippen LogP contribution is 2.20. The van der Waals surface area contributed by atoms with Gasteiger partial charge in [-0.25, -0.2) is 0 Å². The summed E-state index contributed by atoms with van der Waals surface area (Å²) in [5, 5.41) is 6.67. The molecule has 8 nitrogen and oxygen atoms in total. The van der Waals surface area contributed by atoms with Gasteiger partial charge in [-0.3, -0.25) is 4.79 Å². The van der Waals surface area contributed by atoms with E-state index in [0.29, 0.717) is 36.7 Å². The van der Waals surface area contributed by atoms with E-state index < -0.39 is 10.2 Å². The number of nitrogens with one attached hydrogen (secondary N) is 1. The van der Waals surface area contributed by atoms with Crippen LogP contribution in [0.25, 0.3) is 0 Å². The highest BCUT2D eigenvalue weighted by Gasteiger charge is 2.29. The summed E-state index contributed by atoms with van der Waals surface area (Å²) in [6.07, 6.45) is 1.46.